The van der Waals surface area contributed by atoms with Crippen LogP contribution in [0.4, 0.5) is 5.00 Å². The van der Waals surface area contributed by atoms with Gasteiger partial charge in [0.25, 0.3) is 5.91 Å². The van der Waals surface area contributed by atoms with Crippen molar-refractivity contribution in [3.05, 3.63) is 16.0 Å². The van der Waals surface area contributed by atoms with Crippen LogP contribution < -0.4 is 10.2 Å². The molecule has 0 bridgehead atoms. The highest BCUT2D eigenvalue weighted by atomic mass is 32.1. The van der Waals surface area contributed by atoms with Gasteiger partial charge in [0.05, 0.1) is 51.8 Å². The molecular formula is C18H25N2O5S+. The summed E-state index contributed by atoms with van der Waals surface area (Å²) in [5.74, 6) is -0.830. The Morgan fingerprint density at radius 2 is 1.96 bits per heavy atom. The fourth-order valence-corrected chi connectivity index (χ4v) is 5.45. The second-order valence-corrected chi connectivity index (χ2v) is 8.24. The number of rotatable bonds is 4. The van der Waals surface area contributed by atoms with Gasteiger partial charge in [-0.1, -0.05) is 0 Å². The summed E-state index contributed by atoms with van der Waals surface area (Å²) in [6.45, 7) is 3.40. The summed E-state index contributed by atoms with van der Waals surface area (Å²) in [7, 11) is 1.38. The van der Waals surface area contributed by atoms with E-state index in [1.165, 1.54) is 28.2 Å². The zero-order valence-corrected chi connectivity index (χ0v) is 15.8. The van der Waals surface area contributed by atoms with Crippen molar-refractivity contribution in [2.75, 3.05) is 45.3 Å². The van der Waals surface area contributed by atoms with Gasteiger partial charge in [-0.2, -0.15) is 0 Å². The number of piperidine rings is 1. The lowest BCUT2D eigenvalue weighted by molar-refractivity contribution is -0.900. The Morgan fingerprint density at radius 3 is 2.65 bits per heavy atom. The van der Waals surface area contributed by atoms with Gasteiger partial charge in [0.2, 0.25) is 0 Å². The van der Waals surface area contributed by atoms with Gasteiger partial charge >= 0.3 is 5.97 Å². The fraction of sp³-hybridized carbons (Fsp3) is 0.667. The van der Waals surface area contributed by atoms with Gasteiger partial charge < -0.3 is 24.4 Å². The Kier molecular flexibility index (Phi) is 5.00. The van der Waals surface area contributed by atoms with Gasteiger partial charge in [-0.25, -0.2) is 4.79 Å². The molecule has 2 fully saturated rings. The van der Waals surface area contributed by atoms with Crippen LogP contribution in [0.25, 0.3) is 0 Å². The highest BCUT2D eigenvalue weighted by Crippen LogP contribution is 2.39. The molecule has 7 nitrogen and oxygen atoms in total. The van der Waals surface area contributed by atoms with Crippen molar-refractivity contribution in [2.45, 2.75) is 37.9 Å². The number of nitrogens with one attached hydrogen (secondary N) is 2. The lowest BCUT2D eigenvalue weighted by Gasteiger charge is -2.34. The topological polar surface area (TPSA) is 78.3 Å². The van der Waals surface area contributed by atoms with E-state index in [0.29, 0.717) is 30.3 Å². The summed E-state index contributed by atoms with van der Waals surface area (Å²) in [6.07, 6.45) is 4.54. The second-order valence-electron chi connectivity index (χ2n) is 7.14. The fourth-order valence-electron chi connectivity index (χ4n) is 4.16. The highest BCUT2D eigenvalue weighted by molar-refractivity contribution is 7.17. The number of ether oxygens (including phenoxy) is 3. The molecule has 0 atom stereocenters. The molecule has 1 amide bonds. The van der Waals surface area contributed by atoms with E-state index in [-0.39, 0.29) is 11.9 Å². The molecule has 142 valence electrons. The average molecular weight is 381 g/mol. The van der Waals surface area contributed by atoms with E-state index in [9.17, 15) is 9.59 Å². The Balaban J connectivity index is 1.38. The van der Waals surface area contributed by atoms with Crippen LogP contribution in [0, 0.1) is 0 Å². The number of esters is 1. The maximum Gasteiger partial charge on any atom is 0.341 e. The van der Waals surface area contributed by atoms with E-state index in [2.05, 4.69) is 5.32 Å². The molecule has 0 saturated carbocycles. The van der Waals surface area contributed by atoms with E-state index in [0.717, 1.165) is 50.8 Å². The first-order valence-corrected chi connectivity index (χ1v) is 10.1. The van der Waals surface area contributed by atoms with Crippen LogP contribution >= 0.6 is 11.3 Å². The van der Waals surface area contributed by atoms with Gasteiger partial charge in [0.15, 0.2) is 12.3 Å². The number of methoxy groups -OCH3 is 1. The van der Waals surface area contributed by atoms with Gasteiger partial charge in [0, 0.05) is 4.88 Å². The zero-order chi connectivity index (χ0) is 18.1. The Morgan fingerprint density at radius 1 is 1.23 bits per heavy atom. The SMILES string of the molecule is COC(=O)c1c(NC(=O)C[NH+]2CCC3(CC2)OCCO3)sc2c1CCC2. The molecule has 0 radical (unpaired) electrons. The molecule has 1 aromatic rings. The summed E-state index contributed by atoms with van der Waals surface area (Å²) >= 11 is 1.52. The van der Waals surface area contributed by atoms with Crippen molar-refractivity contribution in [2.24, 2.45) is 0 Å². The predicted molar refractivity (Wildman–Crippen MR) is 95.7 cm³/mol. The van der Waals surface area contributed by atoms with Crippen LogP contribution in [-0.2, 0) is 31.8 Å². The van der Waals surface area contributed by atoms with Crippen molar-refractivity contribution in [3.63, 3.8) is 0 Å². The molecule has 3 aliphatic rings. The lowest BCUT2D eigenvalue weighted by atomic mass is 10.0. The van der Waals surface area contributed by atoms with Gasteiger partial charge in [-0.15, -0.1) is 11.3 Å². The summed E-state index contributed by atoms with van der Waals surface area (Å²) in [4.78, 5) is 27.1. The molecule has 0 aromatic carbocycles. The van der Waals surface area contributed by atoms with E-state index < -0.39 is 5.79 Å². The number of hydrogen-bond donors (Lipinski definition) is 2. The molecule has 2 aliphatic heterocycles. The lowest BCUT2D eigenvalue weighted by Crippen LogP contribution is -3.14. The summed E-state index contributed by atoms with van der Waals surface area (Å²) in [6, 6.07) is 0. The molecule has 2 N–H and O–H groups in total. The van der Waals surface area contributed by atoms with Crippen molar-refractivity contribution < 1.29 is 28.7 Å². The molecule has 1 aliphatic carbocycles. The van der Waals surface area contributed by atoms with Crippen molar-refractivity contribution >= 4 is 28.2 Å². The molecule has 26 heavy (non-hydrogen) atoms. The molecule has 4 rings (SSSR count). The average Bonchev–Trinajstić information content (AvgIpc) is 3.33. The quantitative estimate of drug-likeness (QED) is 0.738. The van der Waals surface area contributed by atoms with E-state index in [1.807, 2.05) is 0 Å². The molecule has 1 aromatic heterocycles. The maximum atomic E-state index is 12.5. The van der Waals surface area contributed by atoms with Crippen LogP contribution in [0.1, 0.15) is 40.1 Å². The van der Waals surface area contributed by atoms with Gasteiger partial charge in [-0.3, -0.25) is 4.79 Å². The molecule has 1 spiro atoms. The Hall–Kier alpha value is -1.48. The van der Waals surface area contributed by atoms with Crippen LogP contribution in [-0.4, -0.2) is 57.6 Å². The van der Waals surface area contributed by atoms with Crippen LogP contribution in [0.2, 0.25) is 0 Å². The van der Waals surface area contributed by atoms with Crippen molar-refractivity contribution in [1.82, 2.24) is 0 Å². The standard InChI is InChI=1S/C18H24N2O5S/c1-23-17(22)15-12-3-2-4-13(12)26-16(15)19-14(21)11-20-7-5-18(6-8-20)24-9-10-25-18/h2-11H2,1H3,(H,19,21)/p+1. The molecule has 3 heterocycles. The molecular weight excluding hydrogens is 356 g/mol. The van der Waals surface area contributed by atoms with Crippen molar-refractivity contribution in [1.29, 1.82) is 0 Å². The maximum absolute atomic E-state index is 12.5. The third-order valence-electron chi connectivity index (χ3n) is 5.51. The largest absolute Gasteiger partial charge is 0.465 e. The first-order chi connectivity index (χ1) is 12.6. The number of carbonyl (C=O) groups excluding carboxylic acids is 2. The zero-order valence-electron chi connectivity index (χ0n) is 15.0. The van der Waals surface area contributed by atoms with Gasteiger partial charge in [0.1, 0.15) is 5.00 Å². The molecule has 0 unspecified atom stereocenters. The minimum Gasteiger partial charge on any atom is -0.465 e. The van der Waals surface area contributed by atoms with Crippen molar-refractivity contribution in [3.8, 4) is 0 Å². The highest BCUT2D eigenvalue weighted by Gasteiger charge is 2.42. The number of amides is 1. The number of quaternary nitrogens is 1. The van der Waals surface area contributed by atoms with Crippen LogP contribution in [0.3, 0.4) is 0 Å². The minimum atomic E-state index is -0.410. The van der Waals surface area contributed by atoms with E-state index in [1.54, 1.807) is 0 Å². The number of thiophene rings is 1. The van der Waals surface area contributed by atoms with E-state index >= 15 is 0 Å². The Bertz CT molecular complexity index is 701. The number of anilines is 1. The number of carbonyl (C=O) groups is 2. The number of hydrogen-bond acceptors (Lipinski definition) is 6. The summed E-state index contributed by atoms with van der Waals surface area (Å²) in [5.41, 5.74) is 1.61. The number of likely N-dealkylation sites (tertiary alicyclic amines) is 1. The Labute approximate surface area is 156 Å². The number of fused-ring (bicyclic) bond motifs is 1. The van der Waals surface area contributed by atoms with Gasteiger partial charge in [-0.05, 0) is 24.8 Å². The minimum absolute atomic E-state index is 0.0608. The first kappa shape index (κ1) is 17.9. The molecule has 8 heteroatoms. The second kappa shape index (κ2) is 7.26. The van der Waals surface area contributed by atoms with Crippen LogP contribution in [0.15, 0.2) is 0 Å². The summed E-state index contributed by atoms with van der Waals surface area (Å²) in [5, 5.41) is 3.60. The molecule has 2 saturated heterocycles. The normalized spacial score (nSPS) is 21.7. The number of aryl methyl sites for hydroxylation is 1. The first-order valence-electron chi connectivity index (χ1n) is 9.24. The van der Waals surface area contributed by atoms with Crippen LogP contribution in [0.5, 0.6) is 0 Å². The van der Waals surface area contributed by atoms with E-state index in [4.69, 9.17) is 14.2 Å². The smallest absolute Gasteiger partial charge is 0.341 e. The monoisotopic (exact) mass is 381 g/mol. The third kappa shape index (κ3) is 3.38. The predicted octanol–water partition coefficient (Wildman–Crippen LogP) is 0.384. The summed E-state index contributed by atoms with van der Waals surface area (Å²) < 4.78 is 16.4. The third-order valence-corrected chi connectivity index (χ3v) is 6.71.